The molecule has 0 radical (unpaired) electrons. The van der Waals surface area contributed by atoms with E-state index in [1.807, 2.05) is 31.4 Å². The predicted octanol–water partition coefficient (Wildman–Crippen LogP) is 5.19. The van der Waals surface area contributed by atoms with Crippen molar-refractivity contribution in [3.63, 3.8) is 0 Å². The first kappa shape index (κ1) is 22.2. The normalized spacial score (nSPS) is 10.8. The molecule has 0 spiro atoms. The zero-order chi connectivity index (χ0) is 22.7. The number of nitrogens with zero attached hydrogens (tertiary/aromatic N) is 3. The van der Waals surface area contributed by atoms with Crippen LogP contribution in [0.5, 0.6) is 0 Å². The fraction of sp³-hybridized carbons (Fsp3) is 0.182. The van der Waals surface area contributed by atoms with Gasteiger partial charge in [-0.3, -0.25) is 4.79 Å². The monoisotopic (exact) mass is 485 g/mol. The number of benzene rings is 1. The minimum Gasteiger partial charge on any atom is -0.336 e. The molecule has 32 heavy (non-hydrogen) atoms. The topological polar surface area (TPSA) is 88.9 Å². The molecule has 3 aromatic heterocycles. The van der Waals surface area contributed by atoms with E-state index in [9.17, 15) is 9.59 Å². The summed E-state index contributed by atoms with van der Waals surface area (Å²) in [4.78, 5) is 31.2. The predicted molar refractivity (Wildman–Crippen MR) is 131 cm³/mol. The lowest BCUT2D eigenvalue weighted by atomic mass is 10.2. The summed E-state index contributed by atoms with van der Waals surface area (Å²) in [5.41, 5.74) is 2.74. The van der Waals surface area contributed by atoms with Gasteiger partial charge in [0.1, 0.15) is 10.7 Å². The highest BCUT2D eigenvalue weighted by atomic mass is 35.5. The largest absolute Gasteiger partial charge is 0.336 e. The molecule has 4 aromatic rings. The Hall–Kier alpha value is -3.01. The first-order valence-corrected chi connectivity index (χ1v) is 11.9. The number of carbonyl (C=O) groups is 1. The Bertz CT molecular complexity index is 1310. The van der Waals surface area contributed by atoms with Crippen molar-refractivity contribution >= 4 is 46.0 Å². The maximum Gasteiger partial charge on any atom is 0.319 e. The van der Waals surface area contributed by atoms with Gasteiger partial charge in [0.15, 0.2) is 0 Å². The number of urea groups is 1. The van der Waals surface area contributed by atoms with Crippen molar-refractivity contribution in [1.82, 2.24) is 20.1 Å². The fourth-order valence-corrected chi connectivity index (χ4v) is 5.06. The molecule has 2 amide bonds. The van der Waals surface area contributed by atoms with E-state index in [1.165, 1.54) is 10.7 Å². The molecule has 4 rings (SSSR count). The van der Waals surface area contributed by atoms with Gasteiger partial charge in [-0.05, 0) is 49.1 Å². The van der Waals surface area contributed by atoms with E-state index in [2.05, 4.69) is 20.7 Å². The van der Waals surface area contributed by atoms with Gasteiger partial charge in [-0.15, -0.1) is 22.7 Å². The number of halogens is 1. The van der Waals surface area contributed by atoms with Crippen molar-refractivity contribution in [3.8, 4) is 20.5 Å². The van der Waals surface area contributed by atoms with E-state index in [-0.39, 0.29) is 24.7 Å². The third-order valence-electron chi connectivity index (χ3n) is 4.75. The summed E-state index contributed by atoms with van der Waals surface area (Å²) in [5, 5.41) is 13.5. The van der Waals surface area contributed by atoms with Crippen LogP contribution in [0.25, 0.3) is 20.5 Å². The molecule has 0 saturated carbocycles. The molecule has 0 atom stereocenters. The highest BCUT2D eigenvalue weighted by molar-refractivity contribution is 7.23. The van der Waals surface area contributed by atoms with Gasteiger partial charge in [0.2, 0.25) is 0 Å². The van der Waals surface area contributed by atoms with Gasteiger partial charge in [-0.2, -0.15) is 5.10 Å². The number of nitrogens with one attached hydrogen (secondary N) is 2. The Morgan fingerprint density at radius 2 is 2.00 bits per heavy atom. The quantitative estimate of drug-likeness (QED) is 0.393. The second kappa shape index (κ2) is 9.64. The molecule has 0 unspecified atom stereocenters. The molecule has 10 heteroatoms. The van der Waals surface area contributed by atoms with E-state index < -0.39 is 0 Å². The molecular formula is C22H20ClN5O2S2. The van der Waals surface area contributed by atoms with Gasteiger partial charge in [-0.25, -0.2) is 14.5 Å². The minimum atomic E-state index is -0.376. The number of thiazole rings is 1. The van der Waals surface area contributed by atoms with E-state index in [1.54, 1.807) is 46.9 Å². The van der Waals surface area contributed by atoms with E-state index in [4.69, 9.17) is 11.6 Å². The van der Waals surface area contributed by atoms with Crippen LogP contribution in [0.4, 0.5) is 10.5 Å². The van der Waals surface area contributed by atoms with Gasteiger partial charge >= 0.3 is 6.03 Å². The Morgan fingerprint density at radius 3 is 2.78 bits per heavy atom. The third kappa shape index (κ3) is 4.90. The molecule has 1 aromatic carbocycles. The smallest absolute Gasteiger partial charge is 0.319 e. The minimum absolute atomic E-state index is 0.234. The summed E-state index contributed by atoms with van der Waals surface area (Å²) in [6, 6.07) is 12.1. The van der Waals surface area contributed by atoms with Crippen molar-refractivity contribution in [2.45, 2.75) is 20.4 Å². The van der Waals surface area contributed by atoms with Crippen LogP contribution >= 0.6 is 34.3 Å². The Morgan fingerprint density at radius 1 is 1.16 bits per heavy atom. The summed E-state index contributed by atoms with van der Waals surface area (Å²) in [6.07, 6.45) is 0. The SMILES string of the molecule is Cc1nc(-c2cccs2)sc1-c1ccc(=O)n(CCNC(=O)Nc2cccc(Cl)c2C)n1. The zero-order valence-corrected chi connectivity index (χ0v) is 19.8. The molecule has 0 aliphatic rings. The Balaban J connectivity index is 1.43. The lowest BCUT2D eigenvalue weighted by Gasteiger charge is -2.11. The molecular weight excluding hydrogens is 466 g/mol. The highest BCUT2D eigenvalue weighted by Crippen LogP contribution is 2.35. The maximum atomic E-state index is 12.3. The van der Waals surface area contributed by atoms with Crippen molar-refractivity contribution < 1.29 is 4.79 Å². The van der Waals surface area contributed by atoms with Crippen LogP contribution in [0.2, 0.25) is 5.02 Å². The van der Waals surface area contributed by atoms with Crippen LogP contribution in [0, 0.1) is 13.8 Å². The maximum absolute atomic E-state index is 12.3. The van der Waals surface area contributed by atoms with Crippen LogP contribution in [-0.2, 0) is 6.54 Å². The van der Waals surface area contributed by atoms with Crippen molar-refractivity contribution in [2.24, 2.45) is 0 Å². The number of hydrogen-bond acceptors (Lipinski definition) is 6. The highest BCUT2D eigenvalue weighted by Gasteiger charge is 2.14. The first-order chi connectivity index (χ1) is 15.4. The van der Waals surface area contributed by atoms with Gasteiger partial charge in [-0.1, -0.05) is 23.7 Å². The number of anilines is 1. The molecule has 164 valence electrons. The van der Waals surface area contributed by atoms with Gasteiger partial charge in [0.25, 0.3) is 5.56 Å². The molecule has 7 nitrogen and oxygen atoms in total. The first-order valence-electron chi connectivity index (χ1n) is 9.82. The third-order valence-corrected chi connectivity index (χ3v) is 7.38. The standard InChI is InChI=1S/C22H20ClN5O2S2/c1-13-15(23)5-3-6-16(13)26-22(30)24-10-11-28-19(29)9-8-17(27-28)20-14(2)25-21(32-20)18-7-4-12-31-18/h3-9,12H,10-11H2,1-2H3,(H2,24,26,30). The molecule has 0 saturated heterocycles. The summed E-state index contributed by atoms with van der Waals surface area (Å²) in [7, 11) is 0. The van der Waals surface area contributed by atoms with Gasteiger partial charge < -0.3 is 10.6 Å². The van der Waals surface area contributed by atoms with Crippen LogP contribution in [0.1, 0.15) is 11.3 Å². The van der Waals surface area contributed by atoms with Crippen molar-refractivity contribution in [1.29, 1.82) is 0 Å². The van der Waals surface area contributed by atoms with E-state index in [0.29, 0.717) is 16.4 Å². The molecule has 0 aliphatic heterocycles. The van der Waals surface area contributed by atoms with E-state index in [0.717, 1.165) is 26.0 Å². The van der Waals surface area contributed by atoms with Crippen molar-refractivity contribution in [2.75, 3.05) is 11.9 Å². The molecule has 2 N–H and O–H groups in total. The van der Waals surface area contributed by atoms with Gasteiger partial charge in [0.05, 0.1) is 22.0 Å². The average molecular weight is 486 g/mol. The number of rotatable bonds is 6. The lowest BCUT2D eigenvalue weighted by Crippen LogP contribution is -2.34. The van der Waals surface area contributed by atoms with E-state index >= 15 is 0 Å². The number of aromatic nitrogens is 3. The number of carbonyl (C=O) groups excluding carboxylic acids is 1. The summed E-state index contributed by atoms with van der Waals surface area (Å²) < 4.78 is 1.35. The summed E-state index contributed by atoms with van der Waals surface area (Å²) in [6.45, 7) is 4.25. The second-order valence-corrected chi connectivity index (χ2v) is 9.34. The number of hydrogen-bond donors (Lipinski definition) is 2. The average Bonchev–Trinajstić information content (AvgIpc) is 3.43. The van der Waals surface area contributed by atoms with Crippen molar-refractivity contribution in [3.05, 3.63) is 74.5 Å². The van der Waals surface area contributed by atoms with Gasteiger partial charge in [0, 0.05) is 23.3 Å². The number of thiophene rings is 1. The Labute approximate surface area is 197 Å². The zero-order valence-electron chi connectivity index (χ0n) is 17.4. The molecule has 0 fully saturated rings. The summed E-state index contributed by atoms with van der Waals surface area (Å²) in [5.74, 6) is 0. The van der Waals surface area contributed by atoms with Crippen LogP contribution in [0.3, 0.4) is 0 Å². The number of aryl methyl sites for hydroxylation is 1. The lowest BCUT2D eigenvalue weighted by molar-refractivity contribution is 0.251. The van der Waals surface area contributed by atoms with Crippen LogP contribution < -0.4 is 16.2 Å². The second-order valence-electron chi connectivity index (χ2n) is 6.98. The fourth-order valence-electron chi connectivity index (χ4n) is 3.05. The summed E-state index contributed by atoms with van der Waals surface area (Å²) >= 11 is 9.27. The molecule has 0 bridgehead atoms. The number of amides is 2. The van der Waals surface area contributed by atoms with Crippen LogP contribution in [-0.4, -0.2) is 27.3 Å². The molecule has 3 heterocycles. The Kier molecular flexibility index (Phi) is 6.69. The van der Waals surface area contributed by atoms with Crippen LogP contribution in [0.15, 0.2) is 52.6 Å². The molecule has 0 aliphatic carbocycles.